The Morgan fingerprint density at radius 2 is 2.10 bits per heavy atom. The first-order valence-electron chi connectivity index (χ1n) is 10.1. The highest BCUT2D eigenvalue weighted by Gasteiger charge is 2.23. The minimum atomic E-state index is 0.398. The van der Waals surface area contributed by atoms with E-state index in [4.69, 9.17) is 18.9 Å². The Balaban J connectivity index is 1.23. The molecule has 0 spiro atoms. The number of nitrogens with one attached hydrogen (secondary N) is 1. The van der Waals surface area contributed by atoms with Crippen molar-refractivity contribution < 1.29 is 13.9 Å². The van der Waals surface area contributed by atoms with Gasteiger partial charge in [0.1, 0.15) is 19.0 Å². The van der Waals surface area contributed by atoms with Gasteiger partial charge in [-0.3, -0.25) is 4.90 Å². The van der Waals surface area contributed by atoms with Crippen LogP contribution >= 0.6 is 11.3 Å². The SMILES string of the molecule is Cc1oc(-c2cccs2)nc1CN1CCC[C@H](Nc2ccc3c(c2)OCCO3)C1. The van der Waals surface area contributed by atoms with Gasteiger partial charge >= 0.3 is 0 Å². The van der Waals surface area contributed by atoms with Crippen molar-refractivity contribution in [2.75, 3.05) is 31.6 Å². The highest BCUT2D eigenvalue weighted by atomic mass is 32.1. The third-order valence-electron chi connectivity index (χ3n) is 5.42. The van der Waals surface area contributed by atoms with Crippen LogP contribution in [0.25, 0.3) is 10.8 Å². The molecule has 0 aliphatic carbocycles. The molecule has 2 aliphatic heterocycles. The second kappa shape index (κ2) is 8.08. The molecule has 152 valence electrons. The smallest absolute Gasteiger partial charge is 0.236 e. The number of nitrogens with zero attached hydrogens (tertiary/aromatic N) is 2. The number of piperidine rings is 1. The first kappa shape index (κ1) is 18.5. The van der Waals surface area contributed by atoms with Crippen molar-refractivity contribution in [3.63, 3.8) is 0 Å². The number of aryl methyl sites for hydroxylation is 1. The summed E-state index contributed by atoms with van der Waals surface area (Å²) in [6.07, 6.45) is 2.32. The lowest BCUT2D eigenvalue weighted by Gasteiger charge is -2.33. The Morgan fingerprint density at radius 1 is 1.21 bits per heavy atom. The van der Waals surface area contributed by atoms with Crippen LogP contribution in [0, 0.1) is 6.92 Å². The Morgan fingerprint density at radius 3 is 2.97 bits per heavy atom. The molecule has 0 bridgehead atoms. The van der Waals surface area contributed by atoms with Crippen molar-refractivity contribution in [1.29, 1.82) is 0 Å². The lowest BCUT2D eigenvalue weighted by atomic mass is 10.0. The second-order valence-electron chi connectivity index (χ2n) is 7.58. The van der Waals surface area contributed by atoms with Crippen LogP contribution in [0.2, 0.25) is 0 Å². The highest BCUT2D eigenvalue weighted by molar-refractivity contribution is 7.13. The zero-order valence-corrected chi connectivity index (χ0v) is 17.3. The predicted octanol–water partition coefficient (Wildman–Crippen LogP) is 4.56. The molecule has 0 amide bonds. The van der Waals surface area contributed by atoms with E-state index < -0.39 is 0 Å². The van der Waals surface area contributed by atoms with E-state index in [1.54, 1.807) is 11.3 Å². The van der Waals surface area contributed by atoms with Crippen molar-refractivity contribution in [2.24, 2.45) is 0 Å². The van der Waals surface area contributed by atoms with Crippen LogP contribution in [-0.2, 0) is 6.54 Å². The number of hydrogen-bond donors (Lipinski definition) is 1. The first-order valence-corrected chi connectivity index (χ1v) is 11.0. The van der Waals surface area contributed by atoms with Gasteiger partial charge in [0.05, 0.1) is 10.6 Å². The van der Waals surface area contributed by atoms with Gasteiger partial charge in [0.2, 0.25) is 5.89 Å². The van der Waals surface area contributed by atoms with Crippen LogP contribution < -0.4 is 14.8 Å². The summed E-state index contributed by atoms with van der Waals surface area (Å²) in [6.45, 7) is 6.12. The quantitative estimate of drug-likeness (QED) is 0.664. The summed E-state index contributed by atoms with van der Waals surface area (Å²) in [6, 6.07) is 10.6. The van der Waals surface area contributed by atoms with E-state index in [9.17, 15) is 0 Å². The number of aromatic nitrogens is 1. The largest absolute Gasteiger partial charge is 0.486 e. The van der Waals surface area contributed by atoms with Crippen molar-refractivity contribution in [3.8, 4) is 22.3 Å². The summed E-state index contributed by atoms with van der Waals surface area (Å²) in [7, 11) is 0. The number of benzene rings is 1. The van der Waals surface area contributed by atoms with E-state index in [1.165, 1.54) is 0 Å². The minimum absolute atomic E-state index is 0.398. The van der Waals surface area contributed by atoms with E-state index in [0.717, 1.165) is 71.9 Å². The van der Waals surface area contributed by atoms with E-state index >= 15 is 0 Å². The molecule has 0 saturated carbocycles. The van der Waals surface area contributed by atoms with Crippen molar-refractivity contribution in [1.82, 2.24) is 9.88 Å². The van der Waals surface area contributed by atoms with Gasteiger partial charge in [-0.1, -0.05) is 6.07 Å². The fourth-order valence-electron chi connectivity index (χ4n) is 3.98. The number of likely N-dealkylation sites (tertiary alicyclic amines) is 1. The van der Waals surface area contributed by atoms with Gasteiger partial charge in [-0.2, -0.15) is 0 Å². The lowest BCUT2D eigenvalue weighted by molar-refractivity contribution is 0.171. The average Bonchev–Trinajstić information content (AvgIpc) is 3.39. The molecule has 1 N–H and O–H groups in total. The van der Waals surface area contributed by atoms with Gasteiger partial charge < -0.3 is 19.2 Å². The van der Waals surface area contributed by atoms with Crippen LogP contribution in [0.1, 0.15) is 24.3 Å². The number of hydrogen-bond acceptors (Lipinski definition) is 7. The molecular formula is C22H25N3O3S. The van der Waals surface area contributed by atoms with Gasteiger partial charge in [0.25, 0.3) is 0 Å². The fourth-order valence-corrected chi connectivity index (χ4v) is 4.63. The Labute approximate surface area is 174 Å². The Hall–Kier alpha value is -2.51. The molecule has 7 heteroatoms. The monoisotopic (exact) mass is 411 g/mol. The molecule has 6 nitrogen and oxygen atoms in total. The third kappa shape index (κ3) is 4.11. The van der Waals surface area contributed by atoms with Crippen molar-refractivity contribution in [3.05, 3.63) is 47.2 Å². The third-order valence-corrected chi connectivity index (χ3v) is 6.27. The molecule has 0 radical (unpaired) electrons. The second-order valence-corrected chi connectivity index (χ2v) is 8.52. The van der Waals surface area contributed by atoms with E-state index in [-0.39, 0.29) is 0 Å². The Kier molecular flexibility index (Phi) is 5.16. The molecule has 2 aromatic heterocycles. The maximum Gasteiger partial charge on any atom is 0.236 e. The molecule has 0 unspecified atom stereocenters. The molecule has 1 fully saturated rings. The van der Waals surface area contributed by atoms with Gasteiger partial charge in [-0.15, -0.1) is 11.3 Å². The van der Waals surface area contributed by atoms with Crippen LogP contribution in [0.4, 0.5) is 5.69 Å². The number of thiophene rings is 1. The molecule has 1 aromatic carbocycles. The number of anilines is 1. The molecule has 5 rings (SSSR count). The van der Waals surface area contributed by atoms with Crippen molar-refractivity contribution >= 4 is 17.0 Å². The van der Waals surface area contributed by atoms with E-state index in [2.05, 4.69) is 16.3 Å². The van der Waals surface area contributed by atoms with Crippen LogP contribution in [0.3, 0.4) is 0 Å². The maximum absolute atomic E-state index is 5.91. The molecule has 29 heavy (non-hydrogen) atoms. The van der Waals surface area contributed by atoms with Crippen LogP contribution in [0.15, 0.2) is 40.1 Å². The average molecular weight is 412 g/mol. The zero-order chi connectivity index (χ0) is 19.6. The normalized spacial score (nSPS) is 19.3. The molecule has 1 saturated heterocycles. The highest BCUT2D eigenvalue weighted by Crippen LogP contribution is 2.33. The Bertz CT molecular complexity index is 970. The van der Waals surface area contributed by atoms with Crippen molar-refractivity contribution in [2.45, 2.75) is 32.4 Å². The lowest BCUT2D eigenvalue weighted by Crippen LogP contribution is -2.41. The minimum Gasteiger partial charge on any atom is -0.486 e. The molecule has 1 atom stereocenters. The van der Waals surface area contributed by atoms with Gasteiger partial charge in [-0.25, -0.2) is 4.98 Å². The summed E-state index contributed by atoms with van der Waals surface area (Å²) in [5.41, 5.74) is 2.12. The summed E-state index contributed by atoms with van der Waals surface area (Å²) in [5.74, 6) is 3.30. The number of oxazole rings is 1. The number of fused-ring (bicyclic) bond motifs is 1. The summed E-state index contributed by atoms with van der Waals surface area (Å²) < 4.78 is 17.2. The standard InChI is InChI=1S/C22H25N3O3S/c1-15-18(24-22(28-15)21-5-3-11-29-21)14-25-8-2-4-17(13-25)23-16-6-7-19-20(12-16)27-10-9-26-19/h3,5-7,11-12,17,23H,2,4,8-10,13-14H2,1H3/t17-/m0/s1. The van der Waals surface area contributed by atoms with Crippen LogP contribution in [-0.4, -0.2) is 42.2 Å². The van der Waals surface area contributed by atoms with Crippen LogP contribution in [0.5, 0.6) is 11.5 Å². The maximum atomic E-state index is 5.91. The zero-order valence-electron chi connectivity index (χ0n) is 16.5. The summed E-state index contributed by atoms with van der Waals surface area (Å²) >= 11 is 1.66. The van der Waals surface area contributed by atoms with E-state index in [0.29, 0.717) is 19.3 Å². The summed E-state index contributed by atoms with van der Waals surface area (Å²) in [5, 5.41) is 5.72. The van der Waals surface area contributed by atoms with Gasteiger partial charge in [0.15, 0.2) is 11.5 Å². The fraction of sp³-hybridized carbons (Fsp3) is 0.409. The van der Waals surface area contributed by atoms with Gasteiger partial charge in [-0.05, 0) is 49.9 Å². The summed E-state index contributed by atoms with van der Waals surface area (Å²) in [4.78, 5) is 8.30. The molecule has 2 aliphatic rings. The molecular weight excluding hydrogens is 386 g/mol. The number of ether oxygens (including phenoxy) is 2. The van der Waals surface area contributed by atoms with Gasteiger partial charge in [0, 0.05) is 30.9 Å². The predicted molar refractivity (Wildman–Crippen MR) is 114 cm³/mol. The first-order chi connectivity index (χ1) is 14.2. The topological polar surface area (TPSA) is 59.8 Å². The molecule has 4 heterocycles. The van der Waals surface area contributed by atoms with E-state index in [1.807, 2.05) is 36.6 Å². The number of rotatable bonds is 5. The molecule has 3 aromatic rings.